The molecule has 1 saturated carbocycles. The standard InChI is InChI=1S/C8H14N2O/c1-2-10-7(11)5-9-8(10)6-3-4-6/h6,8-9H,2-5H2,1H3. The van der Waals surface area contributed by atoms with Crippen LogP contribution >= 0.6 is 0 Å². The van der Waals surface area contributed by atoms with Gasteiger partial charge in [-0.25, -0.2) is 0 Å². The molecular formula is C8H14N2O. The largest absolute Gasteiger partial charge is 0.326 e. The Balaban J connectivity index is 2.03. The summed E-state index contributed by atoms with van der Waals surface area (Å²) in [6.45, 7) is 3.45. The van der Waals surface area contributed by atoms with Gasteiger partial charge in [0.15, 0.2) is 0 Å². The van der Waals surface area contributed by atoms with Crippen molar-refractivity contribution in [3.8, 4) is 0 Å². The van der Waals surface area contributed by atoms with E-state index in [9.17, 15) is 4.79 Å². The third-order valence-corrected chi connectivity index (χ3v) is 2.53. The fourth-order valence-corrected chi connectivity index (χ4v) is 1.76. The van der Waals surface area contributed by atoms with Crippen molar-refractivity contribution >= 4 is 5.91 Å². The van der Waals surface area contributed by atoms with Crippen LogP contribution in [0, 0.1) is 5.92 Å². The molecule has 1 unspecified atom stereocenters. The molecule has 0 aromatic heterocycles. The Morgan fingerprint density at radius 2 is 2.36 bits per heavy atom. The second-order valence-electron chi connectivity index (χ2n) is 3.34. The van der Waals surface area contributed by atoms with Crippen LogP contribution < -0.4 is 5.32 Å². The summed E-state index contributed by atoms with van der Waals surface area (Å²) in [5, 5.41) is 3.25. The van der Waals surface area contributed by atoms with Crippen LogP contribution in [0.5, 0.6) is 0 Å². The summed E-state index contributed by atoms with van der Waals surface area (Å²) in [7, 11) is 0. The molecule has 3 nitrogen and oxygen atoms in total. The van der Waals surface area contributed by atoms with Gasteiger partial charge in [0.1, 0.15) is 0 Å². The van der Waals surface area contributed by atoms with E-state index in [0.29, 0.717) is 12.7 Å². The SMILES string of the molecule is CCN1C(=O)CNC1C1CC1. The molecule has 2 fully saturated rings. The molecule has 1 aliphatic carbocycles. The molecule has 1 N–H and O–H groups in total. The second kappa shape index (κ2) is 2.48. The quantitative estimate of drug-likeness (QED) is 0.615. The molecule has 1 saturated heterocycles. The van der Waals surface area contributed by atoms with Gasteiger partial charge in [0.25, 0.3) is 0 Å². The highest BCUT2D eigenvalue weighted by Gasteiger charge is 2.40. The lowest BCUT2D eigenvalue weighted by molar-refractivity contribution is -0.127. The van der Waals surface area contributed by atoms with Crippen LogP contribution in [-0.4, -0.2) is 30.1 Å². The molecule has 1 atom stereocenters. The molecular weight excluding hydrogens is 140 g/mol. The predicted molar refractivity (Wildman–Crippen MR) is 41.9 cm³/mol. The molecule has 0 aromatic rings. The first-order chi connectivity index (χ1) is 5.33. The van der Waals surface area contributed by atoms with Crippen molar-refractivity contribution in [2.45, 2.75) is 25.9 Å². The summed E-state index contributed by atoms with van der Waals surface area (Å²) >= 11 is 0. The fourth-order valence-electron chi connectivity index (χ4n) is 1.76. The van der Waals surface area contributed by atoms with E-state index in [1.54, 1.807) is 0 Å². The van der Waals surface area contributed by atoms with Gasteiger partial charge in [-0.1, -0.05) is 0 Å². The molecule has 1 amide bonds. The molecule has 0 aromatic carbocycles. The molecule has 62 valence electrons. The zero-order valence-electron chi connectivity index (χ0n) is 6.84. The number of hydrogen-bond acceptors (Lipinski definition) is 2. The van der Waals surface area contributed by atoms with Gasteiger partial charge in [-0.05, 0) is 25.7 Å². The van der Waals surface area contributed by atoms with E-state index in [2.05, 4.69) is 5.32 Å². The van der Waals surface area contributed by atoms with Gasteiger partial charge in [-0.3, -0.25) is 10.1 Å². The lowest BCUT2D eigenvalue weighted by atomic mass is 10.3. The maximum Gasteiger partial charge on any atom is 0.237 e. The van der Waals surface area contributed by atoms with Gasteiger partial charge in [-0.15, -0.1) is 0 Å². The van der Waals surface area contributed by atoms with Crippen LogP contribution in [-0.2, 0) is 4.79 Å². The normalized spacial score (nSPS) is 31.5. The summed E-state index contributed by atoms with van der Waals surface area (Å²) in [4.78, 5) is 13.2. The highest BCUT2D eigenvalue weighted by molar-refractivity contribution is 5.80. The summed E-state index contributed by atoms with van der Waals surface area (Å²) in [6.07, 6.45) is 2.95. The highest BCUT2D eigenvalue weighted by atomic mass is 16.2. The molecule has 2 rings (SSSR count). The summed E-state index contributed by atoms with van der Waals surface area (Å²) < 4.78 is 0. The van der Waals surface area contributed by atoms with Crippen molar-refractivity contribution in [1.29, 1.82) is 0 Å². The number of rotatable bonds is 2. The molecule has 1 aliphatic heterocycles. The van der Waals surface area contributed by atoms with Crippen molar-refractivity contribution in [2.75, 3.05) is 13.1 Å². The molecule has 0 spiro atoms. The van der Waals surface area contributed by atoms with E-state index in [1.165, 1.54) is 12.8 Å². The molecule has 1 heterocycles. The summed E-state index contributed by atoms with van der Waals surface area (Å²) in [5.41, 5.74) is 0. The molecule has 0 bridgehead atoms. The maximum absolute atomic E-state index is 11.2. The fraction of sp³-hybridized carbons (Fsp3) is 0.875. The molecule has 2 aliphatic rings. The van der Waals surface area contributed by atoms with Gasteiger partial charge in [-0.2, -0.15) is 0 Å². The maximum atomic E-state index is 11.2. The number of amides is 1. The molecule has 3 heteroatoms. The van der Waals surface area contributed by atoms with Crippen molar-refractivity contribution < 1.29 is 4.79 Å². The number of carbonyl (C=O) groups is 1. The lowest BCUT2D eigenvalue weighted by Gasteiger charge is -2.21. The first kappa shape index (κ1) is 7.10. The van der Waals surface area contributed by atoms with Gasteiger partial charge < -0.3 is 4.90 Å². The Bertz CT molecular complexity index is 177. The summed E-state index contributed by atoms with van der Waals surface area (Å²) in [6, 6.07) is 0. The minimum atomic E-state index is 0.268. The van der Waals surface area contributed by atoms with E-state index in [4.69, 9.17) is 0 Å². The highest BCUT2D eigenvalue weighted by Crippen LogP contribution is 2.35. The number of likely N-dealkylation sites (N-methyl/N-ethyl adjacent to an activating group) is 1. The minimum Gasteiger partial charge on any atom is -0.326 e. The van der Waals surface area contributed by atoms with Crippen LogP contribution in [0.15, 0.2) is 0 Å². The number of nitrogens with zero attached hydrogens (tertiary/aromatic N) is 1. The first-order valence-electron chi connectivity index (χ1n) is 4.35. The predicted octanol–water partition coefficient (Wildman–Crippen LogP) is 0.174. The van der Waals surface area contributed by atoms with E-state index in [1.807, 2.05) is 11.8 Å². The monoisotopic (exact) mass is 154 g/mol. The average molecular weight is 154 g/mol. The second-order valence-corrected chi connectivity index (χ2v) is 3.34. The zero-order valence-corrected chi connectivity index (χ0v) is 6.84. The Kier molecular flexibility index (Phi) is 1.60. The van der Waals surface area contributed by atoms with Crippen molar-refractivity contribution in [3.63, 3.8) is 0 Å². The van der Waals surface area contributed by atoms with E-state index < -0.39 is 0 Å². The van der Waals surface area contributed by atoms with Crippen molar-refractivity contribution in [2.24, 2.45) is 5.92 Å². The number of hydrogen-bond donors (Lipinski definition) is 1. The lowest BCUT2D eigenvalue weighted by Crippen LogP contribution is -2.38. The van der Waals surface area contributed by atoms with Crippen LogP contribution in [0.2, 0.25) is 0 Å². The Hall–Kier alpha value is -0.570. The third-order valence-electron chi connectivity index (χ3n) is 2.53. The summed E-state index contributed by atoms with van der Waals surface area (Å²) in [5.74, 6) is 1.02. The Labute approximate surface area is 66.8 Å². The Morgan fingerprint density at radius 3 is 2.91 bits per heavy atom. The third kappa shape index (κ3) is 1.13. The van der Waals surface area contributed by atoms with Gasteiger partial charge >= 0.3 is 0 Å². The topological polar surface area (TPSA) is 32.3 Å². The van der Waals surface area contributed by atoms with Gasteiger partial charge in [0.2, 0.25) is 5.91 Å². The van der Waals surface area contributed by atoms with Gasteiger partial charge in [0, 0.05) is 6.54 Å². The minimum absolute atomic E-state index is 0.268. The molecule has 11 heavy (non-hydrogen) atoms. The number of nitrogens with one attached hydrogen (secondary N) is 1. The first-order valence-corrected chi connectivity index (χ1v) is 4.35. The van der Waals surface area contributed by atoms with Crippen LogP contribution in [0.25, 0.3) is 0 Å². The number of carbonyl (C=O) groups excluding carboxylic acids is 1. The average Bonchev–Trinajstić information content (AvgIpc) is 2.76. The van der Waals surface area contributed by atoms with Gasteiger partial charge in [0.05, 0.1) is 12.7 Å². The van der Waals surface area contributed by atoms with Crippen LogP contribution in [0.1, 0.15) is 19.8 Å². The Morgan fingerprint density at radius 1 is 1.64 bits per heavy atom. The van der Waals surface area contributed by atoms with E-state index in [0.717, 1.165) is 12.5 Å². The van der Waals surface area contributed by atoms with Crippen molar-refractivity contribution in [3.05, 3.63) is 0 Å². The van der Waals surface area contributed by atoms with E-state index >= 15 is 0 Å². The zero-order chi connectivity index (χ0) is 7.84. The van der Waals surface area contributed by atoms with E-state index in [-0.39, 0.29) is 5.91 Å². The van der Waals surface area contributed by atoms with Crippen molar-refractivity contribution in [1.82, 2.24) is 10.2 Å². The van der Waals surface area contributed by atoms with Crippen LogP contribution in [0.4, 0.5) is 0 Å². The van der Waals surface area contributed by atoms with Crippen LogP contribution in [0.3, 0.4) is 0 Å². The molecule has 0 radical (unpaired) electrons. The smallest absolute Gasteiger partial charge is 0.237 e.